The third-order valence-corrected chi connectivity index (χ3v) is 3.65. The van der Waals surface area contributed by atoms with E-state index < -0.39 is 0 Å². The fourth-order valence-electron chi connectivity index (χ4n) is 1.88. The van der Waals surface area contributed by atoms with Gasteiger partial charge in [-0.25, -0.2) is 9.97 Å². The number of fused-ring (bicyclic) bond motifs is 1. The summed E-state index contributed by atoms with van der Waals surface area (Å²) in [5.41, 5.74) is 2.44. The van der Waals surface area contributed by atoms with E-state index in [1.165, 1.54) is 0 Å². The van der Waals surface area contributed by atoms with Crippen LogP contribution in [0.5, 0.6) is 0 Å². The van der Waals surface area contributed by atoms with Crippen molar-refractivity contribution in [3.63, 3.8) is 0 Å². The minimum Gasteiger partial charge on any atom is -0.256 e. The fourth-order valence-corrected chi connectivity index (χ4v) is 2.26. The van der Waals surface area contributed by atoms with Crippen LogP contribution in [0, 0.1) is 6.92 Å². The molecule has 0 fully saturated rings. The van der Waals surface area contributed by atoms with Gasteiger partial charge in [-0.05, 0) is 19.1 Å². The summed E-state index contributed by atoms with van der Waals surface area (Å²) >= 11 is 12.1. The molecule has 0 atom stereocenters. The van der Waals surface area contributed by atoms with Gasteiger partial charge in [-0.1, -0.05) is 41.4 Å². The van der Waals surface area contributed by atoms with Crippen molar-refractivity contribution in [2.45, 2.75) is 6.92 Å². The Morgan fingerprint density at radius 3 is 2.37 bits per heavy atom. The summed E-state index contributed by atoms with van der Waals surface area (Å²) in [6.07, 6.45) is 1.72. The highest BCUT2D eigenvalue weighted by Gasteiger charge is 2.11. The van der Waals surface area contributed by atoms with Crippen LogP contribution < -0.4 is 0 Å². The second-order valence-electron chi connectivity index (χ2n) is 4.13. The molecule has 0 N–H and O–H groups in total. The van der Waals surface area contributed by atoms with Gasteiger partial charge in [-0.3, -0.25) is 4.98 Å². The molecule has 0 bridgehead atoms. The molecule has 3 aromatic rings. The van der Waals surface area contributed by atoms with Crippen molar-refractivity contribution in [3.8, 4) is 11.4 Å². The van der Waals surface area contributed by atoms with E-state index in [0.29, 0.717) is 21.7 Å². The quantitative estimate of drug-likeness (QED) is 0.627. The van der Waals surface area contributed by atoms with Crippen LogP contribution in [-0.2, 0) is 0 Å². The predicted molar refractivity (Wildman–Crippen MR) is 77.5 cm³/mol. The summed E-state index contributed by atoms with van der Waals surface area (Å²) in [7, 11) is 0. The lowest BCUT2D eigenvalue weighted by Crippen LogP contribution is -1.95. The summed E-state index contributed by atoms with van der Waals surface area (Å²) in [5.74, 6) is 0.513. The van der Waals surface area contributed by atoms with Crippen molar-refractivity contribution in [1.82, 2.24) is 15.0 Å². The molecule has 0 aliphatic carbocycles. The Balaban J connectivity index is 2.31. The number of nitrogens with zero attached hydrogens (tertiary/aromatic N) is 3. The van der Waals surface area contributed by atoms with Crippen molar-refractivity contribution in [1.29, 1.82) is 0 Å². The molecule has 5 heteroatoms. The zero-order valence-corrected chi connectivity index (χ0v) is 11.6. The lowest BCUT2D eigenvalue weighted by atomic mass is 10.1. The number of hydrogen-bond acceptors (Lipinski definition) is 3. The number of pyridine rings is 1. The maximum absolute atomic E-state index is 6.07. The number of hydrogen-bond donors (Lipinski definition) is 0. The number of rotatable bonds is 1. The summed E-state index contributed by atoms with van der Waals surface area (Å²) < 4.78 is 0. The zero-order valence-electron chi connectivity index (χ0n) is 10.1. The van der Waals surface area contributed by atoms with E-state index >= 15 is 0 Å². The third-order valence-electron chi connectivity index (χ3n) is 2.92. The Hall–Kier alpha value is -1.71. The molecule has 1 aromatic carbocycles. The van der Waals surface area contributed by atoms with Gasteiger partial charge in [0.2, 0.25) is 0 Å². The minimum atomic E-state index is 0.371. The highest BCUT2D eigenvalue weighted by Crippen LogP contribution is 2.28. The van der Waals surface area contributed by atoms with E-state index in [1.54, 1.807) is 13.1 Å². The van der Waals surface area contributed by atoms with Crippen molar-refractivity contribution in [2.24, 2.45) is 0 Å². The number of para-hydroxylation sites is 1. The Morgan fingerprint density at radius 1 is 0.947 bits per heavy atom. The second-order valence-corrected chi connectivity index (χ2v) is 4.85. The molecule has 2 heterocycles. The Morgan fingerprint density at radius 2 is 1.63 bits per heavy atom. The van der Waals surface area contributed by atoms with Gasteiger partial charge >= 0.3 is 0 Å². The van der Waals surface area contributed by atoms with Crippen LogP contribution in [0.3, 0.4) is 0 Å². The topological polar surface area (TPSA) is 38.7 Å². The second kappa shape index (κ2) is 4.76. The molecule has 0 saturated carbocycles. The molecule has 0 spiro atoms. The van der Waals surface area contributed by atoms with Crippen LogP contribution in [-0.4, -0.2) is 15.0 Å². The SMILES string of the molecule is Cc1c(Cl)nc(-c2ccnc3ccccc23)nc1Cl. The van der Waals surface area contributed by atoms with Crippen LogP contribution in [0.4, 0.5) is 0 Å². The molecule has 19 heavy (non-hydrogen) atoms. The first kappa shape index (κ1) is 12.3. The third kappa shape index (κ3) is 2.15. The van der Waals surface area contributed by atoms with Gasteiger partial charge in [0.05, 0.1) is 5.52 Å². The van der Waals surface area contributed by atoms with Gasteiger partial charge < -0.3 is 0 Å². The average Bonchev–Trinajstić information content (AvgIpc) is 2.43. The van der Waals surface area contributed by atoms with Crippen LogP contribution in [0.2, 0.25) is 10.3 Å². The van der Waals surface area contributed by atoms with Gasteiger partial charge in [-0.15, -0.1) is 0 Å². The summed E-state index contributed by atoms with van der Waals surface area (Å²) in [4.78, 5) is 12.9. The standard InChI is InChI=1S/C14H9Cl2N3/c1-8-12(15)18-14(19-13(8)16)10-6-7-17-11-5-3-2-4-9(10)11/h2-7H,1H3. The van der Waals surface area contributed by atoms with E-state index in [4.69, 9.17) is 23.2 Å². The molecule has 3 rings (SSSR count). The molecule has 0 aliphatic heterocycles. The van der Waals surface area contributed by atoms with Gasteiger partial charge in [0.1, 0.15) is 10.3 Å². The maximum atomic E-state index is 6.07. The Kier molecular flexibility index (Phi) is 3.09. The molecule has 0 radical (unpaired) electrons. The lowest BCUT2D eigenvalue weighted by Gasteiger charge is -2.07. The Bertz CT molecular complexity index is 743. The van der Waals surface area contributed by atoms with Crippen LogP contribution in [0.1, 0.15) is 5.56 Å². The first-order valence-corrected chi connectivity index (χ1v) is 6.46. The normalized spacial score (nSPS) is 10.9. The summed E-state index contributed by atoms with van der Waals surface area (Å²) in [5, 5.41) is 1.72. The number of halogens is 2. The van der Waals surface area contributed by atoms with Gasteiger partial charge in [-0.2, -0.15) is 0 Å². The monoisotopic (exact) mass is 289 g/mol. The highest BCUT2D eigenvalue weighted by atomic mass is 35.5. The van der Waals surface area contributed by atoms with E-state index in [0.717, 1.165) is 16.5 Å². The summed E-state index contributed by atoms with van der Waals surface area (Å²) in [6.45, 7) is 1.79. The van der Waals surface area contributed by atoms with Crippen molar-refractivity contribution >= 4 is 34.1 Å². The Labute approximate surface area is 120 Å². The first-order chi connectivity index (χ1) is 9.16. The van der Waals surface area contributed by atoms with E-state index in [1.807, 2.05) is 30.3 Å². The van der Waals surface area contributed by atoms with Gasteiger partial charge in [0.15, 0.2) is 5.82 Å². The minimum absolute atomic E-state index is 0.371. The van der Waals surface area contributed by atoms with Crippen LogP contribution >= 0.6 is 23.2 Å². The molecule has 94 valence electrons. The van der Waals surface area contributed by atoms with Crippen molar-refractivity contribution in [2.75, 3.05) is 0 Å². The average molecular weight is 290 g/mol. The predicted octanol–water partition coefficient (Wildman–Crippen LogP) is 4.31. The highest BCUT2D eigenvalue weighted by molar-refractivity contribution is 6.34. The first-order valence-electron chi connectivity index (χ1n) is 5.70. The van der Waals surface area contributed by atoms with Crippen molar-refractivity contribution < 1.29 is 0 Å². The molecular weight excluding hydrogens is 281 g/mol. The molecular formula is C14H9Cl2N3. The smallest absolute Gasteiger partial charge is 0.163 e. The van der Waals surface area contributed by atoms with E-state index in [2.05, 4.69) is 15.0 Å². The number of aromatic nitrogens is 3. The maximum Gasteiger partial charge on any atom is 0.163 e. The largest absolute Gasteiger partial charge is 0.256 e. The molecule has 3 nitrogen and oxygen atoms in total. The van der Waals surface area contributed by atoms with E-state index in [9.17, 15) is 0 Å². The molecule has 0 amide bonds. The molecule has 2 aromatic heterocycles. The molecule has 0 unspecified atom stereocenters. The summed E-state index contributed by atoms with van der Waals surface area (Å²) in [6, 6.07) is 9.67. The molecule has 0 aliphatic rings. The zero-order chi connectivity index (χ0) is 13.4. The van der Waals surface area contributed by atoms with Gasteiger partial charge in [0, 0.05) is 22.7 Å². The number of benzene rings is 1. The lowest BCUT2D eigenvalue weighted by molar-refractivity contribution is 1.14. The van der Waals surface area contributed by atoms with Gasteiger partial charge in [0.25, 0.3) is 0 Å². The molecule has 0 saturated heterocycles. The van der Waals surface area contributed by atoms with Crippen LogP contribution in [0.25, 0.3) is 22.3 Å². The van der Waals surface area contributed by atoms with E-state index in [-0.39, 0.29) is 0 Å². The van der Waals surface area contributed by atoms with Crippen LogP contribution in [0.15, 0.2) is 36.5 Å². The fraction of sp³-hybridized carbons (Fsp3) is 0.0714. The van der Waals surface area contributed by atoms with Crippen molar-refractivity contribution in [3.05, 3.63) is 52.4 Å².